The minimum atomic E-state index is -3.60. The first kappa shape index (κ1) is 31.5. The number of carbonyl (C=O) groups excluding carboxylic acids is 1. The summed E-state index contributed by atoms with van der Waals surface area (Å²) in [4.78, 5) is 24.1. The lowest BCUT2D eigenvalue weighted by molar-refractivity contribution is 0.115. The van der Waals surface area contributed by atoms with Crippen LogP contribution in [0.4, 0.5) is 4.79 Å². The monoisotopic (exact) mass is 524 g/mol. The topological polar surface area (TPSA) is 130 Å². The number of aryl methyl sites for hydroxylation is 1. The third-order valence-corrected chi connectivity index (χ3v) is 7.40. The van der Waals surface area contributed by atoms with Crippen molar-refractivity contribution in [3.05, 3.63) is 35.9 Å². The summed E-state index contributed by atoms with van der Waals surface area (Å²) in [5, 5.41) is 0. The number of rotatable bonds is 15. The van der Waals surface area contributed by atoms with E-state index < -0.39 is 22.2 Å². The van der Waals surface area contributed by atoms with E-state index in [2.05, 4.69) is 33.5 Å². The smallest absolute Gasteiger partial charge is 0.410 e. The molecule has 0 aliphatic carbocycles. The lowest BCUT2D eigenvalue weighted by Crippen LogP contribution is -2.46. The predicted molar refractivity (Wildman–Crippen MR) is 147 cm³/mol. The molecule has 10 nitrogen and oxygen atoms in total. The van der Waals surface area contributed by atoms with E-state index in [0.29, 0.717) is 25.8 Å². The van der Waals surface area contributed by atoms with E-state index in [-0.39, 0.29) is 30.1 Å². The summed E-state index contributed by atoms with van der Waals surface area (Å²) in [5.74, 6) is 0.266. The van der Waals surface area contributed by atoms with Gasteiger partial charge >= 0.3 is 6.09 Å². The van der Waals surface area contributed by atoms with Crippen molar-refractivity contribution in [2.75, 3.05) is 46.1 Å². The summed E-state index contributed by atoms with van der Waals surface area (Å²) in [6, 6.07) is 9.00. The molecule has 1 amide bonds. The number of hydrogen-bond acceptors (Lipinski definition) is 6. The Morgan fingerprint density at radius 3 is 2.36 bits per heavy atom. The first-order chi connectivity index (χ1) is 17.0. The summed E-state index contributed by atoms with van der Waals surface area (Å²) in [6.07, 6.45) is 1.03. The molecule has 0 heterocycles. The van der Waals surface area contributed by atoms with Crippen LogP contribution in [0.25, 0.3) is 0 Å². The molecule has 0 radical (unpaired) electrons. The van der Waals surface area contributed by atoms with Crippen LogP contribution in [0.5, 0.6) is 0 Å². The van der Waals surface area contributed by atoms with Crippen molar-refractivity contribution in [2.45, 2.75) is 59.0 Å². The van der Waals surface area contributed by atoms with Crippen molar-refractivity contribution in [3.8, 4) is 0 Å². The lowest BCUT2D eigenvalue weighted by atomic mass is 10.1. The number of hydrogen-bond donors (Lipinski definition) is 2. The maximum absolute atomic E-state index is 12.9. The minimum absolute atomic E-state index is 0.00745. The maximum Gasteiger partial charge on any atom is 0.410 e. The first-order valence-electron chi connectivity index (χ1n) is 12.5. The van der Waals surface area contributed by atoms with Crippen molar-refractivity contribution in [2.24, 2.45) is 15.7 Å². The Hall–Kier alpha value is -2.50. The second-order valence-electron chi connectivity index (χ2n) is 8.83. The average molecular weight is 525 g/mol. The zero-order chi connectivity index (χ0) is 27.1. The third-order valence-electron chi connectivity index (χ3n) is 5.93. The number of amidine groups is 2. The van der Waals surface area contributed by atoms with Gasteiger partial charge in [-0.05, 0) is 58.3 Å². The number of amides is 1. The Bertz CT molecular complexity index is 947. The molecule has 0 aromatic heterocycles. The Balaban J connectivity index is 2.96. The van der Waals surface area contributed by atoms with Crippen LogP contribution in [-0.4, -0.2) is 94.2 Å². The molecule has 204 valence electrons. The second-order valence-corrected chi connectivity index (χ2v) is 10.7. The lowest BCUT2D eigenvalue weighted by Gasteiger charge is -2.21. The molecule has 0 aliphatic rings. The average Bonchev–Trinajstić information content (AvgIpc) is 2.86. The van der Waals surface area contributed by atoms with Crippen LogP contribution in [0, 0.1) is 0 Å². The van der Waals surface area contributed by atoms with Gasteiger partial charge in [-0.1, -0.05) is 44.2 Å². The number of aliphatic imine (C=N–C) groups is 2. The van der Waals surface area contributed by atoms with Crippen LogP contribution >= 0.6 is 0 Å². The van der Waals surface area contributed by atoms with E-state index in [1.54, 1.807) is 7.05 Å². The van der Waals surface area contributed by atoms with Crippen molar-refractivity contribution in [1.82, 2.24) is 14.5 Å². The zero-order valence-corrected chi connectivity index (χ0v) is 23.4. The van der Waals surface area contributed by atoms with Crippen LogP contribution in [-0.2, 0) is 21.2 Å². The van der Waals surface area contributed by atoms with Gasteiger partial charge in [-0.3, -0.25) is 4.99 Å². The van der Waals surface area contributed by atoms with Gasteiger partial charge < -0.3 is 20.3 Å². The zero-order valence-electron chi connectivity index (χ0n) is 22.6. The van der Waals surface area contributed by atoms with Gasteiger partial charge in [0.15, 0.2) is 12.4 Å². The first-order valence-corrected chi connectivity index (χ1v) is 14.1. The highest BCUT2D eigenvalue weighted by Gasteiger charge is 2.22. The van der Waals surface area contributed by atoms with E-state index in [0.717, 1.165) is 18.7 Å². The summed E-state index contributed by atoms with van der Waals surface area (Å²) < 4.78 is 33.8. The molecule has 0 saturated heterocycles. The molecule has 0 aliphatic heterocycles. The second kappa shape index (κ2) is 16.3. The van der Waals surface area contributed by atoms with E-state index >= 15 is 0 Å². The van der Waals surface area contributed by atoms with Crippen LogP contribution in [0.3, 0.4) is 0 Å². The molecule has 1 aromatic carbocycles. The van der Waals surface area contributed by atoms with Crippen molar-refractivity contribution in [1.29, 1.82) is 0 Å². The molecule has 3 N–H and O–H groups in total. The van der Waals surface area contributed by atoms with Gasteiger partial charge in [0.1, 0.15) is 5.84 Å². The van der Waals surface area contributed by atoms with Gasteiger partial charge in [0.2, 0.25) is 10.0 Å². The van der Waals surface area contributed by atoms with Crippen LogP contribution in [0.2, 0.25) is 0 Å². The molecule has 1 atom stereocenters. The molecule has 1 rings (SSSR count). The van der Waals surface area contributed by atoms with Gasteiger partial charge in [-0.25, -0.2) is 22.9 Å². The molecular formula is C25H44N6O4S. The number of nitrogens with zero attached hydrogens (tertiary/aromatic N) is 4. The Morgan fingerprint density at radius 2 is 1.81 bits per heavy atom. The molecule has 0 fully saturated rings. The molecule has 1 aromatic rings. The number of sulfonamides is 1. The molecule has 0 unspecified atom stereocenters. The van der Waals surface area contributed by atoms with Crippen LogP contribution < -0.4 is 10.5 Å². The summed E-state index contributed by atoms with van der Waals surface area (Å²) in [6.45, 7) is 10.1. The summed E-state index contributed by atoms with van der Waals surface area (Å²) in [7, 11) is -0.443. The molecule has 36 heavy (non-hydrogen) atoms. The van der Waals surface area contributed by atoms with Gasteiger partial charge in [-0.15, -0.1) is 0 Å². The Morgan fingerprint density at radius 1 is 1.17 bits per heavy atom. The number of carbonyl (C=O) groups is 1. The van der Waals surface area contributed by atoms with E-state index in [9.17, 15) is 13.2 Å². The normalized spacial score (nSPS) is 13.8. The third kappa shape index (κ3) is 12.0. The van der Waals surface area contributed by atoms with Crippen LogP contribution in [0.15, 0.2) is 40.3 Å². The van der Waals surface area contributed by atoms with Crippen molar-refractivity contribution in [3.63, 3.8) is 0 Å². The number of ether oxygens (including phenoxy) is 1. The molecule has 0 spiro atoms. The SMILES string of the molecule is CCN(CC)CCCS(=O)(=O)N[C@H](CCc1ccccc1)C(N)=NC(COC(=O)N(C)C(C)C)=NC. The number of nitrogens with one attached hydrogen (secondary N) is 1. The van der Waals surface area contributed by atoms with Crippen molar-refractivity contribution >= 4 is 27.8 Å². The Labute approximate surface area is 217 Å². The quantitative estimate of drug-likeness (QED) is 0.268. The molecule has 11 heteroatoms. The van der Waals surface area contributed by atoms with Crippen LogP contribution in [0.1, 0.15) is 46.1 Å². The van der Waals surface area contributed by atoms with E-state index in [1.807, 2.05) is 44.2 Å². The summed E-state index contributed by atoms with van der Waals surface area (Å²) >= 11 is 0. The van der Waals surface area contributed by atoms with Gasteiger partial charge in [0.05, 0.1) is 11.8 Å². The van der Waals surface area contributed by atoms with E-state index in [1.165, 1.54) is 11.9 Å². The number of benzene rings is 1. The van der Waals surface area contributed by atoms with E-state index in [4.69, 9.17) is 10.5 Å². The Kier molecular flexibility index (Phi) is 14.3. The predicted octanol–water partition coefficient (Wildman–Crippen LogP) is 2.50. The van der Waals surface area contributed by atoms with Gasteiger partial charge in [0, 0.05) is 20.1 Å². The van der Waals surface area contributed by atoms with Gasteiger partial charge in [0.25, 0.3) is 0 Å². The fourth-order valence-electron chi connectivity index (χ4n) is 3.33. The minimum Gasteiger partial charge on any atom is -0.441 e. The molecule has 0 bridgehead atoms. The fraction of sp³-hybridized carbons (Fsp3) is 0.640. The highest BCUT2D eigenvalue weighted by molar-refractivity contribution is 7.89. The molecule has 0 saturated carbocycles. The standard InChI is InChI=1S/C25H44N6O4S/c1-7-31(8-2)17-12-18-36(33,34)29-22(16-15-21-13-10-9-11-14-21)24(26)28-23(27-5)19-35-25(32)30(6)20(3)4/h9-11,13-14,20,22,29H,7-8,12,15-19H2,1-6H3,(H2,26,27,28)/t22-/m1/s1. The summed E-state index contributed by atoms with van der Waals surface area (Å²) in [5.41, 5.74) is 7.34. The van der Waals surface area contributed by atoms with Crippen molar-refractivity contribution < 1.29 is 17.9 Å². The maximum atomic E-state index is 12.9. The highest BCUT2D eigenvalue weighted by Crippen LogP contribution is 2.08. The molecular weight excluding hydrogens is 480 g/mol. The van der Waals surface area contributed by atoms with Gasteiger partial charge in [-0.2, -0.15) is 0 Å². The highest BCUT2D eigenvalue weighted by atomic mass is 32.2. The largest absolute Gasteiger partial charge is 0.441 e. The number of nitrogens with two attached hydrogens (primary N) is 1. The fourth-order valence-corrected chi connectivity index (χ4v) is 4.63.